The Morgan fingerprint density at radius 1 is 1.19 bits per heavy atom. The van der Waals surface area contributed by atoms with Crippen molar-refractivity contribution in [2.45, 2.75) is 64.3 Å². The second-order valence-electron chi connectivity index (χ2n) is 5.75. The molecule has 116 valence electrons. The summed E-state index contributed by atoms with van der Waals surface area (Å²) >= 11 is 0. The van der Waals surface area contributed by atoms with Crippen molar-refractivity contribution in [1.29, 1.82) is 0 Å². The number of aromatic nitrogens is 2. The SMILES string of the molecule is CCCCNc1ccc(C(=O)NC2CCCCCC2)nn1. The number of nitrogens with one attached hydrogen (secondary N) is 2. The van der Waals surface area contributed by atoms with E-state index >= 15 is 0 Å². The van der Waals surface area contributed by atoms with Gasteiger partial charge in [-0.05, 0) is 31.4 Å². The minimum Gasteiger partial charge on any atom is -0.369 e. The summed E-state index contributed by atoms with van der Waals surface area (Å²) in [6, 6.07) is 3.86. The summed E-state index contributed by atoms with van der Waals surface area (Å²) in [5, 5.41) is 14.4. The lowest BCUT2D eigenvalue weighted by atomic mass is 10.1. The van der Waals surface area contributed by atoms with Crippen LogP contribution in [0.15, 0.2) is 12.1 Å². The Labute approximate surface area is 126 Å². The highest BCUT2D eigenvalue weighted by Gasteiger charge is 2.16. The van der Waals surface area contributed by atoms with Crippen LogP contribution < -0.4 is 10.6 Å². The van der Waals surface area contributed by atoms with E-state index in [1.54, 1.807) is 6.07 Å². The van der Waals surface area contributed by atoms with Gasteiger partial charge in [0.25, 0.3) is 5.91 Å². The molecule has 21 heavy (non-hydrogen) atoms. The van der Waals surface area contributed by atoms with Crippen LogP contribution in [0.1, 0.15) is 68.8 Å². The standard InChI is InChI=1S/C16H26N4O/c1-2-3-12-17-15-11-10-14(19-20-15)16(21)18-13-8-6-4-5-7-9-13/h10-11,13H,2-9,12H2,1H3,(H,17,20)(H,18,21). The van der Waals surface area contributed by atoms with Crippen molar-refractivity contribution >= 4 is 11.7 Å². The molecule has 0 aromatic carbocycles. The van der Waals surface area contributed by atoms with Crippen molar-refractivity contribution in [2.75, 3.05) is 11.9 Å². The van der Waals surface area contributed by atoms with E-state index < -0.39 is 0 Å². The van der Waals surface area contributed by atoms with E-state index in [0.717, 1.165) is 38.0 Å². The third-order valence-corrected chi connectivity index (χ3v) is 3.92. The molecule has 0 spiro atoms. The minimum atomic E-state index is -0.102. The lowest BCUT2D eigenvalue weighted by Gasteiger charge is -2.15. The van der Waals surface area contributed by atoms with Crippen LogP contribution in [-0.2, 0) is 0 Å². The molecule has 0 atom stereocenters. The van der Waals surface area contributed by atoms with E-state index in [0.29, 0.717) is 11.7 Å². The van der Waals surface area contributed by atoms with Gasteiger partial charge in [0.1, 0.15) is 5.82 Å². The maximum atomic E-state index is 12.2. The molecular weight excluding hydrogens is 264 g/mol. The molecule has 1 fully saturated rings. The molecule has 0 unspecified atom stereocenters. The molecule has 1 aliphatic carbocycles. The van der Waals surface area contributed by atoms with Crippen LogP contribution in [0.4, 0.5) is 5.82 Å². The van der Waals surface area contributed by atoms with Crippen molar-refractivity contribution in [2.24, 2.45) is 0 Å². The molecule has 2 rings (SSSR count). The highest BCUT2D eigenvalue weighted by Crippen LogP contribution is 2.17. The largest absolute Gasteiger partial charge is 0.369 e. The zero-order chi connectivity index (χ0) is 14.9. The quantitative estimate of drug-likeness (QED) is 0.624. The summed E-state index contributed by atoms with van der Waals surface area (Å²) in [5.41, 5.74) is 0.403. The monoisotopic (exact) mass is 290 g/mol. The van der Waals surface area contributed by atoms with Crippen molar-refractivity contribution in [3.63, 3.8) is 0 Å². The fourth-order valence-electron chi connectivity index (χ4n) is 2.62. The fraction of sp³-hybridized carbons (Fsp3) is 0.688. The molecule has 1 saturated carbocycles. The summed E-state index contributed by atoms with van der Waals surface area (Å²) in [6.07, 6.45) is 9.38. The Hall–Kier alpha value is -1.65. The number of carbonyl (C=O) groups is 1. The van der Waals surface area contributed by atoms with E-state index in [4.69, 9.17) is 0 Å². The molecule has 2 N–H and O–H groups in total. The van der Waals surface area contributed by atoms with Gasteiger partial charge in [-0.2, -0.15) is 0 Å². The fourth-order valence-corrected chi connectivity index (χ4v) is 2.62. The van der Waals surface area contributed by atoms with Crippen LogP contribution in [0.25, 0.3) is 0 Å². The average Bonchev–Trinajstić information content (AvgIpc) is 2.77. The van der Waals surface area contributed by atoms with Crippen molar-refractivity contribution in [3.05, 3.63) is 17.8 Å². The number of anilines is 1. The van der Waals surface area contributed by atoms with Crippen LogP contribution in [0.3, 0.4) is 0 Å². The van der Waals surface area contributed by atoms with Crippen LogP contribution in [0, 0.1) is 0 Å². The molecule has 1 aliphatic rings. The first-order chi connectivity index (χ1) is 10.3. The first-order valence-corrected chi connectivity index (χ1v) is 8.18. The van der Waals surface area contributed by atoms with Crippen molar-refractivity contribution in [1.82, 2.24) is 15.5 Å². The molecule has 5 nitrogen and oxygen atoms in total. The van der Waals surface area contributed by atoms with Gasteiger partial charge in [0.2, 0.25) is 0 Å². The second-order valence-corrected chi connectivity index (χ2v) is 5.75. The summed E-state index contributed by atoms with van der Waals surface area (Å²) < 4.78 is 0. The lowest BCUT2D eigenvalue weighted by Crippen LogP contribution is -2.35. The number of carbonyl (C=O) groups excluding carboxylic acids is 1. The Morgan fingerprint density at radius 3 is 2.57 bits per heavy atom. The van der Waals surface area contributed by atoms with E-state index in [9.17, 15) is 4.79 Å². The molecule has 0 radical (unpaired) electrons. The highest BCUT2D eigenvalue weighted by molar-refractivity contribution is 5.92. The molecule has 0 saturated heterocycles. The first kappa shape index (κ1) is 15.7. The predicted octanol–water partition coefficient (Wildman–Crippen LogP) is 3.14. The van der Waals surface area contributed by atoms with Gasteiger partial charge in [0.15, 0.2) is 5.69 Å². The maximum absolute atomic E-state index is 12.2. The number of amides is 1. The third-order valence-electron chi connectivity index (χ3n) is 3.92. The highest BCUT2D eigenvalue weighted by atomic mass is 16.2. The second kappa shape index (κ2) is 8.60. The number of hydrogen-bond acceptors (Lipinski definition) is 4. The summed E-state index contributed by atoms with van der Waals surface area (Å²) in [7, 11) is 0. The van der Waals surface area contributed by atoms with Gasteiger partial charge < -0.3 is 10.6 Å². The number of nitrogens with zero attached hydrogens (tertiary/aromatic N) is 2. The molecular formula is C16H26N4O. The van der Waals surface area contributed by atoms with Gasteiger partial charge in [0, 0.05) is 12.6 Å². The van der Waals surface area contributed by atoms with E-state index in [2.05, 4.69) is 27.8 Å². The number of hydrogen-bond donors (Lipinski definition) is 2. The Bertz CT molecular complexity index is 424. The first-order valence-electron chi connectivity index (χ1n) is 8.18. The zero-order valence-corrected chi connectivity index (χ0v) is 12.9. The molecule has 0 bridgehead atoms. The zero-order valence-electron chi connectivity index (χ0n) is 12.9. The summed E-state index contributed by atoms with van der Waals surface area (Å²) in [6.45, 7) is 3.03. The number of rotatable bonds is 6. The molecule has 1 amide bonds. The normalized spacial score (nSPS) is 16.2. The van der Waals surface area contributed by atoms with Crippen LogP contribution in [-0.4, -0.2) is 28.7 Å². The topological polar surface area (TPSA) is 66.9 Å². The van der Waals surface area contributed by atoms with Gasteiger partial charge in [-0.15, -0.1) is 10.2 Å². The van der Waals surface area contributed by atoms with Gasteiger partial charge in [0.05, 0.1) is 0 Å². The predicted molar refractivity (Wildman–Crippen MR) is 84.4 cm³/mol. The average molecular weight is 290 g/mol. The summed E-state index contributed by atoms with van der Waals surface area (Å²) in [5.74, 6) is 0.629. The third kappa shape index (κ3) is 5.33. The van der Waals surface area contributed by atoms with Gasteiger partial charge in [-0.25, -0.2) is 0 Å². The Kier molecular flexibility index (Phi) is 6.44. The smallest absolute Gasteiger partial charge is 0.272 e. The Morgan fingerprint density at radius 2 is 1.95 bits per heavy atom. The Balaban J connectivity index is 1.84. The van der Waals surface area contributed by atoms with Crippen LogP contribution in [0.2, 0.25) is 0 Å². The molecule has 1 aromatic heterocycles. The van der Waals surface area contributed by atoms with Gasteiger partial charge in [-0.1, -0.05) is 39.0 Å². The number of unbranched alkanes of at least 4 members (excludes halogenated alkanes) is 1. The van der Waals surface area contributed by atoms with Crippen LogP contribution >= 0.6 is 0 Å². The summed E-state index contributed by atoms with van der Waals surface area (Å²) in [4.78, 5) is 12.2. The van der Waals surface area contributed by atoms with E-state index in [1.807, 2.05) is 6.07 Å². The lowest BCUT2D eigenvalue weighted by molar-refractivity contribution is 0.0927. The van der Waals surface area contributed by atoms with E-state index in [-0.39, 0.29) is 5.91 Å². The maximum Gasteiger partial charge on any atom is 0.272 e. The minimum absolute atomic E-state index is 0.102. The van der Waals surface area contributed by atoms with Gasteiger partial charge in [-0.3, -0.25) is 4.79 Å². The molecule has 0 aliphatic heterocycles. The van der Waals surface area contributed by atoms with Gasteiger partial charge >= 0.3 is 0 Å². The molecule has 1 aromatic rings. The molecule has 1 heterocycles. The van der Waals surface area contributed by atoms with Crippen molar-refractivity contribution in [3.8, 4) is 0 Å². The van der Waals surface area contributed by atoms with Crippen LogP contribution in [0.5, 0.6) is 0 Å². The van der Waals surface area contributed by atoms with E-state index in [1.165, 1.54) is 25.7 Å². The van der Waals surface area contributed by atoms with Crippen molar-refractivity contribution < 1.29 is 4.79 Å². The molecule has 5 heteroatoms.